The van der Waals surface area contributed by atoms with Gasteiger partial charge >= 0.3 is 0 Å². The Bertz CT molecular complexity index is 548. The maximum absolute atomic E-state index is 9.25. The molecule has 0 aliphatic heterocycles. The van der Waals surface area contributed by atoms with Gasteiger partial charge in [0.1, 0.15) is 11.9 Å². The summed E-state index contributed by atoms with van der Waals surface area (Å²) in [5, 5.41) is 9.25. The van der Waals surface area contributed by atoms with Crippen molar-refractivity contribution in [1.82, 2.24) is 9.55 Å². The molecule has 17 heavy (non-hydrogen) atoms. The number of aromatic nitrogens is 2. The molecule has 1 aromatic carbocycles. The third-order valence-electron chi connectivity index (χ3n) is 2.99. The maximum atomic E-state index is 9.25. The van der Waals surface area contributed by atoms with E-state index in [9.17, 15) is 5.26 Å². The predicted molar refractivity (Wildman–Crippen MR) is 68.7 cm³/mol. The normalized spacial score (nSPS) is 12.5. The van der Waals surface area contributed by atoms with Crippen LogP contribution in [-0.4, -0.2) is 9.55 Å². The first-order chi connectivity index (χ1) is 8.31. The number of imidazole rings is 1. The molecule has 0 saturated heterocycles. The van der Waals surface area contributed by atoms with Crippen LogP contribution in [0.15, 0.2) is 24.3 Å². The van der Waals surface area contributed by atoms with Crippen molar-refractivity contribution in [3.05, 3.63) is 30.1 Å². The van der Waals surface area contributed by atoms with E-state index in [-0.39, 0.29) is 6.04 Å². The number of hydrogen-bond acceptors (Lipinski definition) is 2. The Morgan fingerprint density at radius 1 is 1.35 bits per heavy atom. The van der Waals surface area contributed by atoms with Crippen molar-refractivity contribution < 1.29 is 0 Å². The summed E-state index contributed by atoms with van der Waals surface area (Å²) in [6.07, 6.45) is 2.78. The third-order valence-corrected chi connectivity index (χ3v) is 2.99. The topological polar surface area (TPSA) is 41.6 Å². The first-order valence-corrected chi connectivity index (χ1v) is 6.17. The van der Waals surface area contributed by atoms with Gasteiger partial charge in [0.2, 0.25) is 0 Å². The lowest BCUT2D eigenvalue weighted by Gasteiger charge is -2.13. The summed E-state index contributed by atoms with van der Waals surface area (Å²) in [6.45, 7) is 4.18. The maximum Gasteiger partial charge on any atom is 0.122 e. The summed E-state index contributed by atoms with van der Waals surface area (Å²) in [6, 6.07) is 10.3. The SMILES string of the molecule is CCCc1nc2ccccc2n1C(C#N)CC. The fourth-order valence-corrected chi connectivity index (χ4v) is 2.17. The van der Waals surface area contributed by atoms with Gasteiger partial charge in [0.05, 0.1) is 17.1 Å². The van der Waals surface area contributed by atoms with E-state index in [0.717, 1.165) is 36.1 Å². The van der Waals surface area contributed by atoms with Crippen molar-refractivity contribution >= 4 is 11.0 Å². The molecule has 3 heteroatoms. The second-order valence-corrected chi connectivity index (χ2v) is 4.19. The zero-order chi connectivity index (χ0) is 12.3. The van der Waals surface area contributed by atoms with Crippen LogP contribution in [0.1, 0.15) is 38.6 Å². The Morgan fingerprint density at radius 3 is 2.76 bits per heavy atom. The highest BCUT2D eigenvalue weighted by Crippen LogP contribution is 2.23. The van der Waals surface area contributed by atoms with Crippen molar-refractivity contribution in [2.75, 3.05) is 0 Å². The molecule has 0 fully saturated rings. The lowest BCUT2D eigenvalue weighted by Crippen LogP contribution is -2.09. The summed E-state index contributed by atoms with van der Waals surface area (Å²) in [5.74, 6) is 1.03. The molecule has 0 saturated carbocycles. The summed E-state index contributed by atoms with van der Waals surface area (Å²) in [5.41, 5.74) is 2.06. The van der Waals surface area contributed by atoms with E-state index in [4.69, 9.17) is 0 Å². The van der Waals surface area contributed by atoms with Crippen molar-refractivity contribution in [3.8, 4) is 6.07 Å². The number of rotatable bonds is 4. The average molecular weight is 227 g/mol. The molecular formula is C14H17N3. The molecule has 0 radical (unpaired) electrons. The molecule has 2 rings (SSSR count). The molecular weight excluding hydrogens is 210 g/mol. The Labute approximate surface area is 102 Å². The van der Waals surface area contributed by atoms with Crippen LogP contribution in [0.5, 0.6) is 0 Å². The molecule has 0 bridgehead atoms. The first-order valence-electron chi connectivity index (χ1n) is 6.17. The molecule has 0 spiro atoms. The average Bonchev–Trinajstić information content (AvgIpc) is 2.71. The highest BCUT2D eigenvalue weighted by molar-refractivity contribution is 5.76. The standard InChI is InChI=1S/C14H17N3/c1-3-7-14-16-12-8-5-6-9-13(12)17(14)11(4-2)10-15/h5-6,8-9,11H,3-4,7H2,1-2H3. The van der Waals surface area contributed by atoms with E-state index < -0.39 is 0 Å². The third kappa shape index (κ3) is 2.03. The van der Waals surface area contributed by atoms with Gasteiger partial charge in [-0.15, -0.1) is 0 Å². The monoisotopic (exact) mass is 227 g/mol. The van der Waals surface area contributed by atoms with Gasteiger partial charge in [-0.3, -0.25) is 0 Å². The van der Waals surface area contributed by atoms with Crippen LogP contribution in [0.25, 0.3) is 11.0 Å². The van der Waals surface area contributed by atoms with Gasteiger partial charge in [0.25, 0.3) is 0 Å². The molecule has 88 valence electrons. The van der Waals surface area contributed by atoms with Gasteiger partial charge in [0.15, 0.2) is 0 Å². The van der Waals surface area contributed by atoms with Gasteiger partial charge in [0, 0.05) is 6.42 Å². The van der Waals surface area contributed by atoms with E-state index in [1.807, 2.05) is 31.2 Å². The van der Waals surface area contributed by atoms with Crippen molar-refractivity contribution in [2.24, 2.45) is 0 Å². The number of aryl methyl sites for hydroxylation is 1. The van der Waals surface area contributed by atoms with Crippen molar-refractivity contribution in [3.63, 3.8) is 0 Å². The van der Waals surface area contributed by atoms with Crippen LogP contribution in [0.3, 0.4) is 0 Å². The van der Waals surface area contributed by atoms with E-state index >= 15 is 0 Å². The molecule has 1 atom stereocenters. The number of nitriles is 1. The van der Waals surface area contributed by atoms with Gasteiger partial charge < -0.3 is 4.57 Å². The van der Waals surface area contributed by atoms with Gasteiger partial charge in [-0.2, -0.15) is 5.26 Å². The van der Waals surface area contributed by atoms with E-state index in [2.05, 4.69) is 22.5 Å². The smallest absolute Gasteiger partial charge is 0.122 e. The highest BCUT2D eigenvalue weighted by Gasteiger charge is 2.16. The van der Waals surface area contributed by atoms with Crippen LogP contribution >= 0.6 is 0 Å². The Balaban J connectivity index is 2.63. The zero-order valence-electron chi connectivity index (χ0n) is 10.3. The minimum atomic E-state index is -0.107. The quantitative estimate of drug-likeness (QED) is 0.802. The van der Waals surface area contributed by atoms with Crippen LogP contribution in [0.2, 0.25) is 0 Å². The van der Waals surface area contributed by atoms with Crippen LogP contribution < -0.4 is 0 Å². The highest BCUT2D eigenvalue weighted by atomic mass is 15.1. The summed E-state index contributed by atoms with van der Waals surface area (Å²) in [7, 11) is 0. The minimum absolute atomic E-state index is 0.107. The number of hydrogen-bond donors (Lipinski definition) is 0. The number of para-hydroxylation sites is 2. The largest absolute Gasteiger partial charge is 0.311 e. The van der Waals surface area contributed by atoms with E-state index in [1.165, 1.54) is 0 Å². The molecule has 1 heterocycles. The van der Waals surface area contributed by atoms with Gasteiger partial charge in [-0.1, -0.05) is 26.0 Å². The van der Waals surface area contributed by atoms with Crippen LogP contribution in [0, 0.1) is 11.3 Å². The predicted octanol–water partition coefficient (Wildman–Crippen LogP) is 3.46. The van der Waals surface area contributed by atoms with Crippen LogP contribution in [0.4, 0.5) is 0 Å². The molecule has 0 N–H and O–H groups in total. The second kappa shape index (κ2) is 5.01. The fraction of sp³-hybridized carbons (Fsp3) is 0.429. The number of fused-ring (bicyclic) bond motifs is 1. The van der Waals surface area contributed by atoms with Gasteiger partial charge in [-0.05, 0) is 25.0 Å². The van der Waals surface area contributed by atoms with E-state index in [1.54, 1.807) is 0 Å². The summed E-state index contributed by atoms with van der Waals surface area (Å²) < 4.78 is 2.10. The Morgan fingerprint density at radius 2 is 2.12 bits per heavy atom. The fourth-order valence-electron chi connectivity index (χ4n) is 2.17. The molecule has 3 nitrogen and oxygen atoms in total. The van der Waals surface area contributed by atoms with Gasteiger partial charge in [-0.25, -0.2) is 4.98 Å². The Hall–Kier alpha value is -1.82. The van der Waals surface area contributed by atoms with Crippen molar-refractivity contribution in [1.29, 1.82) is 5.26 Å². The molecule has 1 unspecified atom stereocenters. The Kier molecular flexibility index (Phi) is 3.43. The molecule has 0 amide bonds. The molecule has 0 aliphatic carbocycles. The number of nitrogens with zero attached hydrogens (tertiary/aromatic N) is 3. The number of benzene rings is 1. The molecule has 0 aliphatic rings. The lowest BCUT2D eigenvalue weighted by atomic mass is 10.2. The van der Waals surface area contributed by atoms with Crippen molar-refractivity contribution in [2.45, 2.75) is 39.2 Å². The second-order valence-electron chi connectivity index (χ2n) is 4.19. The van der Waals surface area contributed by atoms with E-state index in [0.29, 0.717) is 0 Å². The first kappa shape index (κ1) is 11.7. The summed E-state index contributed by atoms with van der Waals surface area (Å²) >= 11 is 0. The summed E-state index contributed by atoms with van der Waals surface area (Å²) in [4.78, 5) is 4.63. The zero-order valence-corrected chi connectivity index (χ0v) is 10.3. The molecule has 2 aromatic rings. The minimum Gasteiger partial charge on any atom is -0.311 e. The lowest BCUT2D eigenvalue weighted by molar-refractivity contribution is 0.579. The molecule has 1 aromatic heterocycles. The van der Waals surface area contributed by atoms with Crippen LogP contribution in [-0.2, 0) is 6.42 Å².